The maximum Gasteiger partial charge on any atom is 0.417 e. The molecule has 1 aromatic carbocycles. The fraction of sp³-hybridized carbons (Fsp3) is 0.308. The van der Waals surface area contributed by atoms with Crippen LogP contribution in [0.1, 0.15) is 30.9 Å². The Bertz CT molecular complexity index is 528. The molecule has 1 rings (SSSR count). The highest BCUT2D eigenvalue weighted by atomic mass is 16.4. The number of nitrogens with two attached hydrogens (primary N) is 1. The second-order valence-electron chi connectivity index (χ2n) is 4.30. The van der Waals surface area contributed by atoms with Gasteiger partial charge in [0.05, 0.1) is 6.54 Å². The Morgan fingerprint density at radius 2 is 1.90 bits per heavy atom. The van der Waals surface area contributed by atoms with Crippen molar-refractivity contribution in [3.63, 3.8) is 0 Å². The molecule has 2 amide bonds. The number of amides is 2. The Hall–Kier alpha value is -2.57. The van der Waals surface area contributed by atoms with Crippen LogP contribution in [0.5, 0.6) is 0 Å². The predicted octanol–water partition coefficient (Wildman–Crippen LogP) is 2.59. The molecular formula is C13H17N3O4. The number of hydrogen-bond acceptors (Lipinski definition) is 4. The summed E-state index contributed by atoms with van der Waals surface area (Å²) in [6.07, 6.45) is -1.83. The van der Waals surface area contributed by atoms with Crippen LogP contribution in [0.25, 0.3) is 0 Å². The molecule has 7 heteroatoms. The maximum atomic E-state index is 10.9. The fourth-order valence-corrected chi connectivity index (χ4v) is 1.81. The zero-order valence-corrected chi connectivity index (χ0v) is 11.1. The lowest BCUT2D eigenvalue weighted by molar-refractivity contribution is 0.120. The topological polar surface area (TPSA) is 128 Å². The third-order valence-corrected chi connectivity index (χ3v) is 2.74. The van der Waals surface area contributed by atoms with Crippen molar-refractivity contribution in [1.29, 1.82) is 5.41 Å². The van der Waals surface area contributed by atoms with Gasteiger partial charge in [-0.15, -0.1) is 0 Å². The first kappa shape index (κ1) is 15.5. The third kappa shape index (κ3) is 3.71. The highest BCUT2D eigenvalue weighted by Gasteiger charge is 2.22. The monoisotopic (exact) mass is 279 g/mol. The van der Waals surface area contributed by atoms with E-state index in [4.69, 9.17) is 21.4 Å². The van der Waals surface area contributed by atoms with E-state index < -0.39 is 12.2 Å². The zero-order chi connectivity index (χ0) is 15.3. The number of anilines is 1. The lowest BCUT2D eigenvalue weighted by Gasteiger charge is -2.17. The Balaban J connectivity index is 3.15. The van der Waals surface area contributed by atoms with Gasteiger partial charge in [-0.3, -0.25) is 0 Å². The number of carbonyl (C=O) groups is 2. The third-order valence-electron chi connectivity index (χ3n) is 2.74. The van der Waals surface area contributed by atoms with Crippen molar-refractivity contribution in [2.75, 3.05) is 5.73 Å². The van der Waals surface area contributed by atoms with E-state index in [-0.39, 0.29) is 11.4 Å². The van der Waals surface area contributed by atoms with Gasteiger partial charge in [0.1, 0.15) is 0 Å². The van der Waals surface area contributed by atoms with Crippen LogP contribution in [0.3, 0.4) is 0 Å². The van der Waals surface area contributed by atoms with Gasteiger partial charge in [0, 0.05) is 17.0 Å². The van der Waals surface area contributed by atoms with Crippen LogP contribution >= 0.6 is 0 Å². The van der Waals surface area contributed by atoms with Crippen molar-refractivity contribution in [3.8, 4) is 0 Å². The van der Waals surface area contributed by atoms with E-state index in [1.807, 2.05) is 6.92 Å². The molecule has 0 unspecified atom stereocenters. The fourth-order valence-electron chi connectivity index (χ4n) is 1.81. The van der Waals surface area contributed by atoms with Crippen LogP contribution in [0, 0.1) is 5.41 Å². The molecule has 7 nitrogen and oxygen atoms in total. The number of rotatable bonds is 5. The summed E-state index contributed by atoms with van der Waals surface area (Å²) in [5, 5.41) is 25.7. The van der Waals surface area contributed by atoms with Gasteiger partial charge in [-0.2, -0.15) is 0 Å². The normalized spacial score (nSPS) is 10.1. The molecule has 0 heterocycles. The number of carboxylic acid groups (broad SMARTS) is 2. The van der Waals surface area contributed by atoms with Gasteiger partial charge < -0.3 is 21.4 Å². The van der Waals surface area contributed by atoms with Crippen molar-refractivity contribution in [1.82, 2.24) is 4.90 Å². The van der Waals surface area contributed by atoms with Crippen molar-refractivity contribution in [2.24, 2.45) is 0 Å². The van der Waals surface area contributed by atoms with Gasteiger partial charge in [-0.1, -0.05) is 19.4 Å². The van der Waals surface area contributed by atoms with Gasteiger partial charge in [0.25, 0.3) is 0 Å². The molecule has 0 radical (unpaired) electrons. The summed E-state index contributed by atoms with van der Waals surface area (Å²) in [4.78, 5) is 22.1. The van der Waals surface area contributed by atoms with E-state index in [0.717, 1.165) is 6.42 Å². The zero-order valence-electron chi connectivity index (χ0n) is 11.1. The van der Waals surface area contributed by atoms with Crippen LogP contribution < -0.4 is 5.73 Å². The number of nitrogen functional groups attached to an aromatic ring is 1. The van der Waals surface area contributed by atoms with E-state index in [1.165, 1.54) is 6.07 Å². The Morgan fingerprint density at radius 1 is 1.30 bits per heavy atom. The van der Waals surface area contributed by atoms with Crippen molar-refractivity contribution in [2.45, 2.75) is 26.3 Å². The van der Waals surface area contributed by atoms with Gasteiger partial charge in [-0.05, 0) is 24.1 Å². The lowest BCUT2D eigenvalue weighted by Crippen LogP contribution is -2.34. The lowest BCUT2D eigenvalue weighted by atomic mass is 9.99. The number of imide groups is 1. The minimum atomic E-state index is -1.56. The molecule has 0 spiro atoms. The SMILES string of the molecule is CCCC(=N)c1ccc(N)cc1CN(C(=O)O)C(=O)O. The largest absolute Gasteiger partial charge is 0.465 e. The van der Waals surface area contributed by atoms with E-state index in [1.54, 1.807) is 12.1 Å². The Kier molecular flexibility index (Phi) is 5.08. The van der Waals surface area contributed by atoms with Gasteiger partial charge >= 0.3 is 12.2 Å². The average molecular weight is 279 g/mol. The average Bonchev–Trinajstić information content (AvgIpc) is 2.35. The molecule has 5 N–H and O–H groups in total. The Labute approximate surface area is 116 Å². The van der Waals surface area contributed by atoms with Crippen molar-refractivity contribution in [3.05, 3.63) is 29.3 Å². The molecule has 0 saturated carbocycles. The standard InChI is InChI=1S/C13H17N3O4/c1-2-3-11(15)10-5-4-9(14)6-8(10)7-16(12(17)18)13(19)20/h4-6,15H,2-3,7,14H2,1H3,(H,17,18)(H,19,20). The molecule has 0 atom stereocenters. The summed E-state index contributed by atoms with van der Waals surface area (Å²) in [6, 6.07) is 4.72. The van der Waals surface area contributed by atoms with Crippen LogP contribution in [-0.4, -0.2) is 33.0 Å². The summed E-state index contributed by atoms with van der Waals surface area (Å²) >= 11 is 0. The van der Waals surface area contributed by atoms with Crippen LogP contribution in [-0.2, 0) is 6.54 Å². The maximum absolute atomic E-state index is 10.9. The quantitative estimate of drug-likeness (QED) is 0.486. The molecule has 0 fully saturated rings. The molecule has 0 aliphatic carbocycles. The molecule has 0 aromatic heterocycles. The van der Waals surface area contributed by atoms with Gasteiger partial charge in [-0.25, -0.2) is 14.5 Å². The molecule has 0 aliphatic heterocycles. The van der Waals surface area contributed by atoms with Gasteiger partial charge in [0.15, 0.2) is 0 Å². The minimum absolute atomic E-state index is 0.261. The molecule has 0 saturated heterocycles. The number of hydrogen-bond donors (Lipinski definition) is 4. The smallest absolute Gasteiger partial charge is 0.417 e. The second-order valence-corrected chi connectivity index (χ2v) is 4.30. The number of nitrogens with zero attached hydrogens (tertiary/aromatic N) is 1. The van der Waals surface area contributed by atoms with Gasteiger partial charge in [0.2, 0.25) is 0 Å². The minimum Gasteiger partial charge on any atom is -0.465 e. The molecule has 20 heavy (non-hydrogen) atoms. The number of benzene rings is 1. The molecule has 1 aromatic rings. The first-order chi connectivity index (χ1) is 9.36. The van der Waals surface area contributed by atoms with Crippen LogP contribution in [0.15, 0.2) is 18.2 Å². The first-order valence-electron chi connectivity index (χ1n) is 6.06. The first-order valence-corrected chi connectivity index (χ1v) is 6.06. The number of nitrogens with one attached hydrogen (secondary N) is 1. The van der Waals surface area contributed by atoms with Crippen LogP contribution in [0.4, 0.5) is 15.3 Å². The van der Waals surface area contributed by atoms with Crippen molar-refractivity contribution >= 4 is 23.6 Å². The van der Waals surface area contributed by atoms with E-state index in [0.29, 0.717) is 28.9 Å². The molecule has 0 bridgehead atoms. The van der Waals surface area contributed by atoms with E-state index in [9.17, 15) is 9.59 Å². The summed E-state index contributed by atoms with van der Waals surface area (Å²) in [5.41, 5.74) is 7.30. The van der Waals surface area contributed by atoms with Crippen molar-refractivity contribution < 1.29 is 19.8 Å². The van der Waals surface area contributed by atoms with E-state index in [2.05, 4.69) is 0 Å². The van der Waals surface area contributed by atoms with Crippen LogP contribution in [0.2, 0.25) is 0 Å². The predicted molar refractivity (Wildman–Crippen MR) is 74.2 cm³/mol. The molecule has 108 valence electrons. The highest BCUT2D eigenvalue weighted by molar-refractivity contribution is 6.00. The van der Waals surface area contributed by atoms with E-state index >= 15 is 0 Å². The highest BCUT2D eigenvalue weighted by Crippen LogP contribution is 2.18. The summed E-state index contributed by atoms with van der Waals surface area (Å²) in [7, 11) is 0. The molecular weight excluding hydrogens is 262 g/mol. The second kappa shape index (κ2) is 6.55. The Morgan fingerprint density at radius 3 is 2.40 bits per heavy atom. The molecule has 0 aliphatic rings. The summed E-state index contributed by atoms with van der Waals surface area (Å²) in [5.74, 6) is 0. The summed E-state index contributed by atoms with van der Waals surface area (Å²) in [6.45, 7) is 1.57. The summed E-state index contributed by atoms with van der Waals surface area (Å²) < 4.78 is 0.